The van der Waals surface area contributed by atoms with Crippen LogP contribution in [-0.4, -0.2) is 35.5 Å². The van der Waals surface area contributed by atoms with Crippen LogP contribution in [0.5, 0.6) is 0 Å². The Labute approximate surface area is 117 Å². The lowest BCUT2D eigenvalue weighted by Crippen LogP contribution is -2.30. The molecule has 0 heterocycles. The van der Waals surface area contributed by atoms with Crippen LogP contribution in [0.1, 0.15) is 24.3 Å². The van der Waals surface area contributed by atoms with Crippen LogP contribution in [0.3, 0.4) is 0 Å². The number of benzene rings is 1. The molecule has 0 radical (unpaired) electrons. The fourth-order valence-electron chi connectivity index (χ4n) is 2.24. The predicted molar refractivity (Wildman–Crippen MR) is 72.2 cm³/mol. The third-order valence-corrected chi connectivity index (χ3v) is 3.79. The molecule has 1 aromatic carbocycles. The standard InChI is InChI=1S/C14H16ClNO3/c1-16(7-6-13(17)18)14(19)11-8-10(11)9-4-2-3-5-12(9)15/h2-5,10-11H,6-8H2,1H3,(H,17,18)/t10-,11-/m1/s1. The van der Waals surface area contributed by atoms with Crippen molar-refractivity contribution in [2.75, 3.05) is 13.6 Å². The number of carboxylic acids is 1. The number of carbonyl (C=O) groups is 2. The van der Waals surface area contributed by atoms with Crippen LogP contribution in [0.2, 0.25) is 5.02 Å². The van der Waals surface area contributed by atoms with Crippen molar-refractivity contribution in [3.8, 4) is 0 Å². The maximum Gasteiger partial charge on any atom is 0.305 e. The molecule has 1 amide bonds. The quantitative estimate of drug-likeness (QED) is 0.901. The van der Waals surface area contributed by atoms with Gasteiger partial charge in [-0.05, 0) is 24.0 Å². The van der Waals surface area contributed by atoms with Crippen molar-refractivity contribution in [3.05, 3.63) is 34.9 Å². The van der Waals surface area contributed by atoms with E-state index in [4.69, 9.17) is 16.7 Å². The van der Waals surface area contributed by atoms with E-state index in [1.807, 2.05) is 24.3 Å². The zero-order valence-electron chi connectivity index (χ0n) is 10.7. The van der Waals surface area contributed by atoms with Gasteiger partial charge in [0.05, 0.1) is 6.42 Å². The summed E-state index contributed by atoms with van der Waals surface area (Å²) in [6, 6.07) is 7.54. The van der Waals surface area contributed by atoms with E-state index >= 15 is 0 Å². The van der Waals surface area contributed by atoms with Gasteiger partial charge in [-0.2, -0.15) is 0 Å². The first-order chi connectivity index (χ1) is 9.00. The second-order valence-corrected chi connectivity index (χ2v) is 5.28. The number of carbonyl (C=O) groups excluding carboxylic acids is 1. The van der Waals surface area contributed by atoms with Crippen LogP contribution >= 0.6 is 11.6 Å². The van der Waals surface area contributed by atoms with Crippen molar-refractivity contribution < 1.29 is 14.7 Å². The van der Waals surface area contributed by atoms with Crippen molar-refractivity contribution in [2.24, 2.45) is 5.92 Å². The Kier molecular flexibility index (Phi) is 4.10. The number of halogens is 1. The first-order valence-electron chi connectivity index (χ1n) is 6.22. The van der Waals surface area contributed by atoms with E-state index in [2.05, 4.69) is 0 Å². The SMILES string of the molecule is CN(CCC(=O)O)C(=O)[C@@H]1C[C@@H]1c1ccccc1Cl. The summed E-state index contributed by atoms with van der Waals surface area (Å²) in [5, 5.41) is 9.30. The Morgan fingerprint density at radius 2 is 2.11 bits per heavy atom. The molecule has 2 atom stereocenters. The second kappa shape index (κ2) is 5.61. The van der Waals surface area contributed by atoms with Gasteiger partial charge in [-0.1, -0.05) is 29.8 Å². The largest absolute Gasteiger partial charge is 0.481 e. The molecule has 0 spiro atoms. The molecule has 1 aromatic rings. The van der Waals surface area contributed by atoms with Gasteiger partial charge in [-0.25, -0.2) is 0 Å². The lowest BCUT2D eigenvalue weighted by atomic mass is 10.1. The van der Waals surface area contributed by atoms with Gasteiger partial charge in [0.25, 0.3) is 0 Å². The van der Waals surface area contributed by atoms with Gasteiger partial charge in [0.15, 0.2) is 0 Å². The molecule has 0 aliphatic heterocycles. The molecule has 0 saturated heterocycles. The highest BCUT2D eigenvalue weighted by Gasteiger charge is 2.45. The zero-order chi connectivity index (χ0) is 14.0. The molecule has 5 heteroatoms. The highest BCUT2D eigenvalue weighted by molar-refractivity contribution is 6.31. The third kappa shape index (κ3) is 3.26. The van der Waals surface area contributed by atoms with Crippen LogP contribution in [0.4, 0.5) is 0 Å². The molecule has 19 heavy (non-hydrogen) atoms. The highest BCUT2D eigenvalue weighted by atomic mass is 35.5. The van der Waals surface area contributed by atoms with E-state index in [9.17, 15) is 9.59 Å². The highest BCUT2D eigenvalue weighted by Crippen LogP contribution is 2.50. The maximum atomic E-state index is 12.1. The number of amides is 1. The third-order valence-electron chi connectivity index (χ3n) is 3.45. The summed E-state index contributed by atoms with van der Waals surface area (Å²) in [6.07, 6.45) is 0.770. The van der Waals surface area contributed by atoms with E-state index in [0.29, 0.717) is 5.02 Å². The summed E-state index contributed by atoms with van der Waals surface area (Å²) in [5.41, 5.74) is 1.01. The summed E-state index contributed by atoms with van der Waals surface area (Å²) in [5.74, 6) is -0.767. The molecule has 4 nitrogen and oxygen atoms in total. The van der Waals surface area contributed by atoms with Crippen LogP contribution in [0.15, 0.2) is 24.3 Å². The Hall–Kier alpha value is -1.55. The molecule has 2 rings (SSSR count). The summed E-state index contributed by atoms with van der Waals surface area (Å²) in [7, 11) is 1.65. The Morgan fingerprint density at radius 3 is 2.74 bits per heavy atom. The molecule has 1 aliphatic rings. The van der Waals surface area contributed by atoms with E-state index in [-0.39, 0.29) is 30.7 Å². The Balaban J connectivity index is 1.94. The topological polar surface area (TPSA) is 57.6 Å². The fourth-order valence-corrected chi connectivity index (χ4v) is 2.52. The predicted octanol–water partition coefficient (Wildman–Crippen LogP) is 2.38. The first-order valence-corrected chi connectivity index (χ1v) is 6.59. The summed E-state index contributed by atoms with van der Waals surface area (Å²) < 4.78 is 0. The monoisotopic (exact) mass is 281 g/mol. The maximum absolute atomic E-state index is 12.1. The number of hydrogen-bond acceptors (Lipinski definition) is 2. The summed E-state index contributed by atoms with van der Waals surface area (Å²) in [6.45, 7) is 0.250. The van der Waals surface area contributed by atoms with E-state index < -0.39 is 5.97 Å². The first kappa shape index (κ1) is 13.9. The molecule has 0 aromatic heterocycles. The minimum absolute atomic E-state index is 0.00571. The second-order valence-electron chi connectivity index (χ2n) is 4.87. The smallest absolute Gasteiger partial charge is 0.305 e. The average Bonchev–Trinajstić information content (AvgIpc) is 3.15. The number of aliphatic carboxylic acids is 1. The van der Waals surface area contributed by atoms with Crippen LogP contribution in [0.25, 0.3) is 0 Å². The molecule has 1 fully saturated rings. The molecular weight excluding hydrogens is 266 g/mol. The van der Waals surface area contributed by atoms with Crippen molar-refractivity contribution >= 4 is 23.5 Å². The zero-order valence-corrected chi connectivity index (χ0v) is 11.4. The van der Waals surface area contributed by atoms with Crippen LogP contribution < -0.4 is 0 Å². The number of hydrogen-bond donors (Lipinski definition) is 1. The molecule has 1 aliphatic carbocycles. The molecule has 102 valence electrons. The molecule has 1 N–H and O–H groups in total. The van der Waals surface area contributed by atoms with Gasteiger partial charge in [0.2, 0.25) is 5.91 Å². The van der Waals surface area contributed by atoms with Crippen molar-refractivity contribution in [2.45, 2.75) is 18.8 Å². The number of nitrogens with zero attached hydrogens (tertiary/aromatic N) is 1. The Bertz CT molecular complexity index is 503. The lowest BCUT2D eigenvalue weighted by molar-refractivity contribution is -0.138. The van der Waals surface area contributed by atoms with Crippen molar-refractivity contribution in [1.82, 2.24) is 4.90 Å². The van der Waals surface area contributed by atoms with Gasteiger partial charge < -0.3 is 10.0 Å². The Morgan fingerprint density at radius 1 is 1.42 bits per heavy atom. The van der Waals surface area contributed by atoms with Crippen LogP contribution in [0, 0.1) is 5.92 Å². The molecular formula is C14H16ClNO3. The van der Waals surface area contributed by atoms with Gasteiger partial charge in [-0.15, -0.1) is 0 Å². The van der Waals surface area contributed by atoms with Crippen molar-refractivity contribution in [3.63, 3.8) is 0 Å². The van der Waals surface area contributed by atoms with Gasteiger partial charge >= 0.3 is 5.97 Å². The van der Waals surface area contributed by atoms with E-state index in [0.717, 1.165) is 12.0 Å². The van der Waals surface area contributed by atoms with E-state index in [1.165, 1.54) is 4.90 Å². The van der Waals surface area contributed by atoms with Gasteiger partial charge in [0, 0.05) is 24.5 Å². The van der Waals surface area contributed by atoms with E-state index in [1.54, 1.807) is 7.05 Å². The van der Waals surface area contributed by atoms with Crippen LogP contribution in [-0.2, 0) is 9.59 Å². The minimum atomic E-state index is -0.891. The minimum Gasteiger partial charge on any atom is -0.481 e. The molecule has 1 saturated carbocycles. The molecule has 0 bridgehead atoms. The number of carboxylic acid groups (broad SMARTS) is 1. The van der Waals surface area contributed by atoms with Gasteiger partial charge in [-0.3, -0.25) is 9.59 Å². The van der Waals surface area contributed by atoms with Crippen molar-refractivity contribution in [1.29, 1.82) is 0 Å². The average molecular weight is 282 g/mol. The summed E-state index contributed by atoms with van der Waals surface area (Å²) >= 11 is 6.11. The fraction of sp³-hybridized carbons (Fsp3) is 0.429. The normalized spacial score (nSPS) is 20.9. The number of rotatable bonds is 5. The molecule has 0 unspecified atom stereocenters. The summed E-state index contributed by atoms with van der Waals surface area (Å²) in [4.78, 5) is 24.1. The lowest BCUT2D eigenvalue weighted by Gasteiger charge is -2.16. The van der Waals surface area contributed by atoms with Gasteiger partial charge in [0.1, 0.15) is 0 Å².